The van der Waals surface area contributed by atoms with E-state index in [9.17, 15) is 0 Å². The zero-order valence-corrected chi connectivity index (χ0v) is 21.5. The minimum absolute atomic E-state index is 1.15. The first kappa shape index (κ1) is 22.9. The van der Waals surface area contributed by atoms with Crippen LogP contribution in [0.5, 0.6) is 0 Å². The fraction of sp³-hybridized carbons (Fsp3) is 0.0857. The molecule has 0 aliphatic rings. The Morgan fingerprint density at radius 1 is 0.703 bits per heavy atom. The normalized spacial score (nSPS) is 11.6. The summed E-state index contributed by atoms with van der Waals surface area (Å²) in [6, 6.07) is 32.8. The molecule has 2 aromatic heterocycles. The molecule has 2 nitrogen and oxygen atoms in total. The summed E-state index contributed by atoms with van der Waals surface area (Å²) in [4.78, 5) is 3.63. The lowest BCUT2D eigenvalue weighted by atomic mass is 10.0. The van der Waals surface area contributed by atoms with Crippen molar-refractivity contribution in [1.29, 1.82) is 0 Å². The number of hydrogen-bond donors (Lipinski definition) is 1. The van der Waals surface area contributed by atoms with E-state index < -0.39 is 0 Å². The van der Waals surface area contributed by atoms with E-state index in [4.69, 9.17) is 0 Å². The predicted octanol–water partition coefficient (Wildman–Crippen LogP) is 10.3. The molecule has 37 heavy (non-hydrogen) atoms. The third-order valence-electron chi connectivity index (χ3n) is 7.19. The summed E-state index contributed by atoms with van der Waals surface area (Å²) in [5.41, 5.74) is 6.97. The predicted molar refractivity (Wildman–Crippen MR) is 164 cm³/mol. The molecule has 7 rings (SSSR count). The van der Waals surface area contributed by atoms with Crippen molar-refractivity contribution in [3.8, 4) is 5.69 Å². The Kier molecular flexibility index (Phi) is 5.65. The number of aromatic nitrogens is 2. The zero-order chi connectivity index (χ0) is 25.5. The van der Waals surface area contributed by atoms with Gasteiger partial charge in [0.15, 0.2) is 0 Å². The maximum atomic E-state index is 4.20. The van der Waals surface area contributed by atoms with Crippen LogP contribution in [-0.2, 0) is 0 Å². The highest BCUT2D eigenvalue weighted by Crippen LogP contribution is 2.38. The molecule has 0 unspecified atom stereocenters. The van der Waals surface area contributed by atoms with Gasteiger partial charge in [-0.15, -0.1) is 0 Å². The molecule has 0 atom stereocenters. The minimum Gasteiger partial charge on any atom is -0.354 e. The SMILES string of the molecule is C=Cc1c(/C=C\C)n(-c2ccc3[nH]c4ccc5ccccc5c4c3c2)c2ccc3ccccc3c12.CC. The average molecular weight is 479 g/mol. The molecule has 2 heteroatoms. The third kappa shape index (κ3) is 3.41. The third-order valence-corrected chi connectivity index (χ3v) is 7.19. The Morgan fingerprint density at radius 3 is 2.05 bits per heavy atom. The molecule has 0 fully saturated rings. The highest BCUT2D eigenvalue weighted by Gasteiger charge is 2.18. The molecule has 5 aromatic carbocycles. The van der Waals surface area contributed by atoms with Crippen LogP contribution >= 0.6 is 0 Å². The lowest BCUT2D eigenvalue weighted by molar-refractivity contribution is 1.11. The van der Waals surface area contributed by atoms with Crippen LogP contribution in [0.3, 0.4) is 0 Å². The number of nitrogens with zero attached hydrogens (tertiary/aromatic N) is 1. The standard InChI is InChI=1S/C33H24N2.C2H6/c1-3-9-30-24(4-2)33-26-13-8-6-11-22(26)15-19-31(33)35(30)23-16-18-28-27(20-23)32-25-12-7-5-10-21(25)14-17-29(32)34-28;1-2/h3-20,34H,2H2,1H3;1-2H3/b9-3-;. The number of hydrogen-bond acceptors (Lipinski definition) is 0. The summed E-state index contributed by atoms with van der Waals surface area (Å²) >= 11 is 0. The van der Waals surface area contributed by atoms with Crippen molar-refractivity contribution in [2.75, 3.05) is 0 Å². The summed E-state index contributed by atoms with van der Waals surface area (Å²) in [5, 5.41) is 8.79. The summed E-state index contributed by atoms with van der Waals surface area (Å²) in [5.74, 6) is 0. The number of rotatable bonds is 3. The Bertz CT molecular complexity index is 1980. The van der Waals surface area contributed by atoms with E-state index in [1.54, 1.807) is 0 Å². The topological polar surface area (TPSA) is 20.7 Å². The molecule has 0 saturated carbocycles. The Hall–Kier alpha value is -4.56. The average Bonchev–Trinajstić information content (AvgIpc) is 3.49. The van der Waals surface area contributed by atoms with Gasteiger partial charge in [-0.2, -0.15) is 0 Å². The molecular weight excluding hydrogens is 448 g/mol. The molecule has 0 bridgehead atoms. The maximum absolute atomic E-state index is 4.20. The second kappa shape index (κ2) is 9.15. The van der Waals surface area contributed by atoms with Crippen molar-refractivity contribution in [1.82, 2.24) is 9.55 Å². The Morgan fingerprint density at radius 2 is 1.35 bits per heavy atom. The van der Waals surface area contributed by atoms with Gasteiger partial charge >= 0.3 is 0 Å². The van der Waals surface area contributed by atoms with Gasteiger partial charge in [-0.1, -0.05) is 93.2 Å². The fourth-order valence-corrected chi connectivity index (χ4v) is 5.71. The first-order chi connectivity index (χ1) is 18.3. The van der Waals surface area contributed by atoms with Crippen molar-refractivity contribution >= 4 is 66.4 Å². The number of nitrogens with one attached hydrogen (secondary N) is 1. The molecule has 2 heterocycles. The summed E-state index contributed by atoms with van der Waals surface area (Å²) in [6.07, 6.45) is 6.30. The first-order valence-electron chi connectivity index (χ1n) is 13.0. The van der Waals surface area contributed by atoms with Crippen molar-refractivity contribution in [3.05, 3.63) is 115 Å². The molecule has 0 amide bonds. The van der Waals surface area contributed by atoms with E-state index in [1.165, 1.54) is 54.3 Å². The van der Waals surface area contributed by atoms with E-state index in [2.05, 4.69) is 126 Å². The van der Waals surface area contributed by atoms with Crippen molar-refractivity contribution in [2.45, 2.75) is 20.8 Å². The van der Waals surface area contributed by atoms with Crippen LogP contribution in [0.25, 0.3) is 72.1 Å². The number of allylic oxidation sites excluding steroid dienone is 1. The Labute approximate surface area is 217 Å². The Balaban J connectivity index is 0.00000123. The van der Waals surface area contributed by atoms with Crippen LogP contribution in [0, 0.1) is 0 Å². The first-order valence-corrected chi connectivity index (χ1v) is 13.0. The highest BCUT2D eigenvalue weighted by molar-refractivity contribution is 6.20. The number of fused-ring (bicyclic) bond motifs is 8. The second-order valence-corrected chi connectivity index (χ2v) is 9.08. The number of H-pyrrole nitrogens is 1. The number of benzene rings is 5. The van der Waals surface area contributed by atoms with Gasteiger partial charge in [-0.05, 0) is 64.9 Å². The van der Waals surface area contributed by atoms with Gasteiger partial charge in [0.05, 0.1) is 11.2 Å². The van der Waals surface area contributed by atoms with Gasteiger partial charge in [0, 0.05) is 38.4 Å². The van der Waals surface area contributed by atoms with Crippen LogP contribution < -0.4 is 0 Å². The van der Waals surface area contributed by atoms with Crippen LogP contribution in [-0.4, -0.2) is 9.55 Å². The van der Waals surface area contributed by atoms with Crippen molar-refractivity contribution in [2.24, 2.45) is 0 Å². The van der Waals surface area contributed by atoms with E-state index in [1.807, 2.05) is 19.9 Å². The van der Waals surface area contributed by atoms with Gasteiger partial charge in [-0.3, -0.25) is 0 Å². The van der Waals surface area contributed by atoms with Gasteiger partial charge in [0.25, 0.3) is 0 Å². The highest BCUT2D eigenvalue weighted by atomic mass is 15.0. The van der Waals surface area contributed by atoms with Crippen molar-refractivity contribution < 1.29 is 0 Å². The van der Waals surface area contributed by atoms with Crippen LogP contribution in [0.15, 0.2) is 104 Å². The summed E-state index contributed by atoms with van der Waals surface area (Å²) < 4.78 is 2.38. The molecular formula is C35H30N2. The molecule has 0 aliphatic heterocycles. The monoisotopic (exact) mass is 478 g/mol. The molecule has 7 aromatic rings. The lowest BCUT2D eigenvalue weighted by Gasteiger charge is -2.10. The van der Waals surface area contributed by atoms with Gasteiger partial charge < -0.3 is 9.55 Å². The molecule has 0 saturated heterocycles. The quantitative estimate of drug-likeness (QED) is 0.261. The van der Waals surface area contributed by atoms with Crippen LogP contribution in [0.2, 0.25) is 0 Å². The van der Waals surface area contributed by atoms with E-state index in [0.717, 1.165) is 16.9 Å². The molecule has 180 valence electrons. The molecule has 0 radical (unpaired) electrons. The molecule has 0 aliphatic carbocycles. The van der Waals surface area contributed by atoms with E-state index in [0.29, 0.717) is 0 Å². The van der Waals surface area contributed by atoms with E-state index >= 15 is 0 Å². The van der Waals surface area contributed by atoms with Gasteiger partial charge in [0.2, 0.25) is 0 Å². The maximum Gasteiger partial charge on any atom is 0.0547 e. The van der Waals surface area contributed by atoms with Gasteiger partial charge in [-0.25, -0.2) is 0 Å². The summed E-state index contributed by atoms with van der Waals surface area (Å²) in [6.45, 7) is 10.3. The largest absolute Gasteiger partial charge is 0.354 e. The minimum atomic E-state index is 1.15. The van der Waals surface area contributed by atoms with Crippen LogP contribution in [0.1, 0.15) is 32.0 Å². The van der Waals surface area contributed by atoms with E-state index in [-0.39, 0.29) is 0 Å². The molecule has 0 spiro atoms. The van der Waals surface area contributed by atoms with Crippen LogP contribution in [0.4, 0.5) is 0 Å². The van der Waals surface area contributed by atoms with Crippen molar-refractivity contribution in [3.63, 3.8) is 0 Å². The second-order valence-electron chi connectivity index (χ2n) is 9.08. The lowest BCUT2D eigenvalue weighted by Crippen LogP contribution is -1.97. The smallest absolute Gasteiger partial charge is 0.0547 e. The number of aromatic amines is 1. The molecule has 1 N–H and O–H groups in total. The summed E-state index contributed by atoms with van der Waals surface area (Å²) in [7, 11) is 0. The van der Waals surface area contributed by atoms with Gasteiger partial charge in [0.1, 0.15) is 0 Å². The zero-order valence-electron chi connectivity index (χ0n) is 21.5. The fourth-order valence-electron chi connectivity index (χ4n) is 5.71.